The summed E-state index contributed by atoms with van der Waals surface area (Å²) < 4.78 is 54.2. The van der Waals surface area contributed by atoms with Gasteiger partial charge in [-0.05, 0) is 25.5 Å². The number of aryl methyl sites for hydroxylation is 1. The van der Waals surface area contributed by atoms with Gasteiger partial charge < -0.3 is 11.1 Å². The number of nitrogens with two attached hydrogens (primary N) is 1. The van der Waals surface area contributed by atoms with Gasteiger partial charge in [0.15, 0.2) is 4.96 Å². The highest BCUT2D eigenvalue weighted by atomic mass is 32.1. The van der Waals surface area contributed by atoms with Gasteiger partial charge in [-0.15, -0.1) is 11.3 Å². The maximum Gasteiger partial charge on any atom is 0.419 e. The molecule has 11 heteroatoms. The molecule has 0 bridgehead atoms. The minimum absolute atomic E-state index is 0.0989. The fraction of sp³-hybridized carbons (Fsp3) is 0.316. The van der Waals surface area contributed by atoms with Crippen LogP contribution in [0.2, 0.25) is 0 Å². The lowest BCUT2D eigenvalue weighted by molar-refractivity contribution is -0.140. The molecule has 1 atom stereocenters. The van der Waals surface area contributed by atoms with E-state index < -0.39 is 29.0 Å². The molecule has 160 valence electrons. The zero-order valence-corrected chi connectivity index (χ0v) is 16.8. The van der Waals surface area contributed by atoms with Crippen LogP contribution in [0.5, 0.6) is 0 Å². The van der Waals surface area contributed by atoms with Crippen LogP contribution in [-0.4, -0.2) is 27.9 Å². The second-order valence-corrected chi connectivity index (χ2v) is 7.96. The van der Waals surface area contributed by atoms with Gasteiger partial charge in [0.2, 0.25) is 0 Å². The Morgan fingerprint density at radius 3 is 2.70 bits per heavy atom. The van der Waals surface area contributed by atoms with Crippen LogP contribution in [0.1, 0.15) is 39.1 Å². The lowest BCUT2D eigenvalue weighted by atomic mass is 10.0. The van der Waals surface area contributed by atoms with E-state index in [-0.39, 0.29) is 40.9 Å². The fourth-order valence-corrected chi connectivity index (χ4v) is 3.95. The Labute approximate surface area is 172 Å². The summed E-state index contributed by atoms with van der Waals surface area (Å²) in [6.45, 7) is 3.57. The van der Waals surface area contributed by atoms with Crippen LogP contribution in [0, 0.1) is 12.7 Å². The van der Waals surface area contributed by atoms with Gasteiger partial charge in [0.1, 0.15) is 11.5 Å². The SMILES string of the molecule is Cc1sc2nc(Cc3cccc(C(F)(F)F)c3F)cc(=O)n2c1C(=O)NC(C)CN. The molecule has 0 aliphatic heterocycles. The third-order valence-corrected chi connectivity index (χ3v) is 5.40. The number of nitrogens with zero attached hydrogens (tertiary/aromatic N) is 2. The molecule has 3 rings (SSSR count). The van der Waals surface area contributed by atoms with Crippen molar-refractivity contribution in [2.45, 2.75) is 32.5 Å². The number of hydrogen-bond donors (Lipinski definition) is 2. The molecule has 0 aliphatic carbocycles. The molecule has 1 amide bonds. The van der Waals surface area contributed by atoms with Crippen molar-refractivity contribution in [2.24, 2.45) is 5.73 Å². The van der Waals surface area contributed by atoms with Crippen molar-refractivity contribution in [1.29, 1.82) is 0 Å². The van der Waals surface area contributed by atoms with E-state index in [2.05, 4.69) is 10.3 Å². The number of benzene rings is 1. The number of rotatable bonds is 5. The predicted octanol–water partition coefficient (Wildman–Crippen LogP) is 2.89. The van der Waals surface area contributed by atoms with Crippen molar-refractivity contribution < 1.29 is 22.4 Å². The summed E-state index contributed by atoms with van der Waals surface area (Å²) in [5.74, 6) is -1.89. The molecule has 3 aromatic rings. The number of hydrogen-bond acceptors (Lipinski definition) is 5. The van der Waals surface area contributed by atoms with E-state index in [9.17, 15) is 27.2 Å². The lowest BCUT2D eigenvalue weighted by Gasteiger charge is -2.12. The zero-order valence-electron chi connectivity index (χ0n) is 16.0. The molecule has 0 aliphatic rings. The van der Waals surface area contributed by atoms with Crippen LogP contribution in [0.3, 0.4) is 0 Å². The molecule has 3 N–H and O–H groups in total. The topological polar surface area (TPSA) is 89.5 Å². The average Bonchev–Trinajstić information content (AvgIpc) is 2.98. The number of halogens is 4. The third-order valence-electron chi connectivity index (χ3n) is 4.44. The van der Waals surface area contributed by atoms with E-state index in [0.29, 0.717) is 10.9 Å². The maximum atomic E-state index is 14.3. The smallest absolute Gasteiger partial charge is 0.347 e. The Kier molecular flexibility index (Phi) is 5.95. The van der Waals surface area contributed by atoms with Crippen molar-refractivity contribution in [3.63, 3.8) is 0 Å². The molecule has 0 saturated carbocycles. The first kappa shape index (κ1) is 21.9. The van der Waals surface area contributed by atoms with Gasteiger partial charge in [0.25, 0.3) is 11.5 Å². The molecule has 1 unspecified atom stereocenters. The summed E-state index contributed by atoms with van der Waals surface area (Å²) in [7, 11) is 0. The molecule has 2 aromatic heterocycles. The van der Waals surface area contributed by atoms with Crippen LogP contribution in [-0.2, 0) is 12.6 Å². The van der Waals surface area contributed by atoms with Gasteiger partial charge in [-0.25, -0.2) is 13.8 Å². The third kappa shape index (κ3) is 4.21. The summed E-state index contributed by atoms with van der Waals surface area (Å²) in [6, 6.07) is 3.74. The number of alkyl halides is 3. The normalized spacial score (nSPS) is 12.9. The predicted molar refractivity (Wildman–Crippen MR) is 104 cm³/mol. The van der Waals surface area contributed by atoms with E-state index in [1.165, 1.54) is 6.07 Å². The molecule has 0 radical (unpaired) electrons. The Bertz CT molecular complexity index is 1170. The van der Waals surface area contributed by atoms with Crippen molar-refractivity contribution >= 4 is 22.2 Å². The van der Waals surface area contributed by atoms with Crippen molar-refractivity contribution in [3.8, 4) is 0 Å². The molecule has 6 nitrogen and oxygen atoms in total. The standard InChI is InChI=1S/C19H18F4N4O2S/c1-9(8-24)25-17(29)16-10(2)30-18-26-12(7-14(28)27(16)18)6-11-4-3-5-13(15(11)20)19(21,22)23/h3-5,7,9H,6,8,24H2,1-2H3,(H,25,29). The summed E-state index contributed by atoms with van der Waals surface area (Å²) >= 11 is 1.08. The number of carbonyl (C=O) groups excluding carboxylic acids is 1. The summed E-state index contributed by atoms with van der Waals surface area (Å²) in [5, 5.41) is 2.67. The van der Waals surface area contributed by atoms with E-state index in [0.717, 1.165) is 27.9 Å². The number of nitrogens with one attached hydrogen (secondary N) is 1. The maximum absolute atomic E-state index is 14.3. The van der Waals surface area contributed by atoms with E-state index >= 15 is 0 Å². The highest BCUT2D eigenvalue weighted by molar-refractivity contribution is 7.17. The molecule has 0 saturated heterocycles. The summed E-state index contributed by atoms with van der Waals surface area (Å²) in [5.41, 5.74) is 3.52. The minimum atomic E-state index is -4.83. The van der Waals surface area contributed by atoms with Crippen LogP contribution in [0.15, 0.2) is 29.1 Å². The Morgan fingerprint density at radius 2 is 2.07 bits per heavy atom. The average molecular weight is 442 g/mol. The molecule has 1 aromatic carbocycles. The van der Waals surface area contributed by atoms with Gasteiger partial charge in [0, 0.05) is 30.0 Å². The molecule has 0 spiro atoms. The highest BCUT2D eigenvalue weighted by Crippen LogP contribution is 2.33. The first-order valence-electron chi connectivity index (χ1n) is 8.90. The zero-order chi connectivity index (χ0) is 22.2. The molecule has 30 heavy (non-hydrogen) atoms. The number of carbonyl (C=O) groups is 1. The lowest BCUT2D eigenvalue weighted by Crippen LogP contribution is -2.39. The van der Waals surface area contributed by atoms with Crippen molar-refractivity contribution in [1.82, 2.24) is 14.7 Å². The van der Waals surface area contributed by atoms with Gasteiger partial charge in [-0.2, -0.15) is 13.2 Å². The Balaban J connectivity index is 2.02. The largest absolute Gasteiger partial charge is 0.419 e. The molecular formula is C19H18F4N4O2S. The van der Waals surface area contributed by atoms with Gasteiger partial charge in [0.05, 0.1) is 11.3 Å². The van der Waals surface area contributed by atoms with Gasteiger partial charge >= 0.3 is 6.18 Å². The van der Waals surface area contributed by atoms with Gasteiger partial charge in [-0.1, -0.05) is 12.1 Å². The van der Waals surface area contributed by atoms with E-state index in [1.807, 2.05) is 0 Å². The second kappa shape index (κ2) is 8.15. The summed E-state index contributed by atoms with van der Waals surface area (Å²) in [6.07, 6.45) is -5.13. The number of thiazole rings is 1. The number of aromatic nitrogens is 2. The molecule has 0 fully saturated rings. The van der Waals surface area contributed by atoms with E-state index in [4.69, 9.17) is 5.73 Å². The number of amides is 1. The molecule has 2 heterocycles. The fourth-order valence-electron chi connectivity index (χ4n) is 2.96. The Hall–Kier alpha value is -2.79. The van der Waals surface area contributed by atoms with Crippen LogP contribution >= 0.6 is 11.3 Å². The van der Waals surface area contributed by atoms with Gasteiger partial charge in [-0.3, -0.25) is 9.59 Å². The van der Waals surface area contributed by atoms with Crippen molar-refractivity contribution in [2.75, 3.05) is 6.54 Å². The monoisotopic (exact) mass is 442 g/mol. The summed E-state index contributed by atoms with van der Waals surface area (Å²) in [4.78, 5) is 30.1. The van der Waals surface area contributed by atoms with Crippen molar-refractivity contribution in [3.05, 3.63) is 67.8 Å². The quantitative estimate of drug-likeness (QED) is 0.595. The van der Waals surface area contributed by atoms with Crippen LogP contribution < -0.4 is 16.6 Å². The number of fused-ring (bicyclic) bond motifs is 1. The first-order chi connectivity index (χ1) is 14.0. The molecular weight excluding hydrogens is 424 g/mol. The minimum Gasteiger partial charge on any atom is -0.347 e. The highest BCUT2D eigenvalue weighted by Gasteiger charge is 2.34. The van der Waals surface area contributed by atoms with E-state index in [1.54, 1.807) is 13.8 Å². The van der Waals surface area contributed by atoms with Crippen LogP contribution in [0.25, 0.3) is 4.96 Å². The Morgan fingerprint density at radius 1 is 1.37 bits per heavy atom. The first-order valence-corrected chi connectivity index (χ1v) is 9.72. The second-order valence-electron chi connectivity index (χ2n) is 6.77. The van der Waals surface area contributed by atoms with Crippen LogP contribution in [0.4, 0.5) is 17.6 Å².